The highest BCUT2D eigenvalue weighted by Gasteiger charge is 2.24. The third kappa shape index (κ3) is 4.49. The van der Waals surface area contributed by atoms with Crippen molar-refractivity contribution in [1.29, 1.82) is 0 Å². The molecule has 0 atom stereocenters. The number of sulfonamides is 1. The first kappa shape index (κ1) is 15.4. The molecule has 19 heavy (non-hydrogen) atoms. The Kier molecular flexibility index (Phi) is 5.36. The van der Waals surface area contributed by atoms with E-state index in [2.05, 4.69) is 26.0 Å². The monoisotopic (exact) mass is 368 g/mol. The smallest absolute Gasteiger partial charge is 0.244 e. The van der Waals surface area contributed by atoms with Crippen molar-refractivity contribution in [3.8, 4) is 0 Å². The molecule has 0 unspecified atom stereocenters. The number of nitrogens with one attached hydrogen (secondary N) is 2. The largest absolute Gasteiger partial charge is 0.452 e. The molecule has 0 bridgehead atoms. The van der Waals surface area contributed by atoms with Crippen molar-refractivity contribution in [1.82, 2.24) is 10.0 Å². The van der Waals surface area contributed by atoms with Gasteiger partial charge < -0.3 is 9.73 Å². The summed E-state index contributed by atoms with van der Waals surface area (Å²) in [6, 6.07) is 2.13. The van der Waals surface area contributed by atoms with E-state index in [0.29, 0.717) is 24.9 Å². The lowest BCUT2D eigenvalue weighted by molar-refractivity contribution is 0.460. The van der Waals surface area contributed by atoms with Gasteiger partial charge in [0.25, 0.3) is 0 Å². The van der Waals surface area contributed by atoms with Crippen molar-refractivity contribution in [3.05, 3.63) is 16.5 Å². The maximum atomic E-state index is 12.1. The second kappa shape index (κ2) is 6.62. The Hall–Kier alpha value is -0.0200. The van der Waals surface area contributed by atoms with E-state index in [0.717, 1.165) is 5.75 Å². The molecule has 0 amide bonds. The van der Waals surface area contributed by atoms with Crippen molar-refractivity contribution < 1.29 is 12.8 Å². The van der Waals surface area contributed by atoms with Gasteiger partial charge in [-0.15, -0.1) is 0 Å². The molecule has 0 spiro atoms. The van der Waals surface area contributed by atoms with Crippen molar-refractivity contribution in [2.24, 2.45) is 0 Å². The Morgan fingerprint density at radius 2 is 2.26 bits per heavy atom. The molecule has 2 N–H and O–H groups in total. The second-order valence-corrected chi connectivity index (χ2v) is 7.84. The molecule has 1 saturated carbocycles. The molecule has 1 aromatic heterocycles. The minimum absolute atomic E-state index is 0.168. The van der Waals surface area contributed by atoms with Crippen LogP contribution in [0.1, 0.15) is 18.6 Å². The molecule has 0 saturated heterocycles. The Bertz CT molecular complexity index is 526. The fraction of sp³-hybridized carbons (Fsp3) is 0.636. The molecule has 8 heteroatoms. The Morgan fingerprint density at radius 1 is 1.53 bits per heavy atom. The summed E-state index contributed by atoms with van der Waals surface area (Å²) in [4.78, 5) is 0.168. The van der Waals surface area contributed by atoms with E-state index in [1.54, 1.807) is 17.8 Å². The molecule has 1 fully saturated rings. The molecular weight excluding hydrogens is 352 g/mol. The van der Waals surface area contributed by atoms with Gasteiger partial charge >= 0.3 is 0 Å². The summed E-state index contributed by atoms with van der Waals surface area (Å²) in [5, 5.41) is 3.28. The Morgan fingerprint density at radius 3 is 2.89 bits per heavy atom. The third-order valence-corrected chi connectivity index (χ3v) is 5.67. The van der Waals surface area contributed by atoms with Crippen LogP contribution in [-0.2, 0) is 16.6 Å². The highest BCUT2D eigenvalue weighted by Crippen LogP contribution is 2.27. The molecule has 2 rings (SSSR count). The summed E-state index contributed by atoms with van der Waals surface area (Å²) in [6.45, 7) is 0.973. The van der Waals surface area contributed by atoms with Gasteiger partial charge in [-0.25, -0.2) is 13.1 Å². The number of thioether (sulfide) groups is 1. The van der Waals surface area contributed by atoms with Crippen LogP contribution >= 0.6 is 27.7 Å². The Balaban J connectivity index is 2.01. The zero-order valence-corrected chi connectivity index (χ0v) is 13.8. The highest BCUT2D eigenvalue weighted by atomic mass is 79.9. The average molecular weight is 369 g/mol. The number of hydrogen-bond donors (Lipinski definition) is 2. The predicted octanol–water partition coefficient (Wildman–Crippen LogP) is 1.94. The highest BCUT2D eigenvalue weighted by molar-refractivity contribution is 9.10. The minimum Gasteiger partial charge on any atom is -0.452 e. The molecule has 108 valence electrons. The van der Waals surface area contributed by atoms with Gasteiger partial charge in [-0.1, -0.05) is 0 Å². The maximum Gasteiger partial charge on any atom is 0.244 e. The summed E-state index contributed by atoms with van der Waals surface area (Å²) in [6.07, 6.45) is 4.30. The van der Waals surface area contributed by atoms with Crippen LogP contribution in [0.15, 0.2) is 20.0 Å². The zero-order chi connectivity index (χ0) is 13.9. The average Bonchev–Trinajstić information content (AvgIpc) is 3.09. The lowest BCUT2D eigenvalue weighted by Crippen LogP contribution is -2.25. The number of furan rings is 1. The van der Waals surface area contributed by atoms with Crippen molar-refractivity contribution in [3.63, 3.8) is 0 Å². The molecule has 0 aliphatic heterocycles. The first-order valence-corrected chi connectivity index (χ1v) is 9.70. The van der Waals surface area contributed by atoms with Crippen molar-refractivity contribution in [2.75, 3.05) is 18.6 Å². The SMILES string of the molecule is CSCCNS(=O)(=O)c1cc(CNC2CC2)oc1Br. The standard InChI is InChI=1S/C11H17BrN2O3S2/c1-18-5-4-14-19(15,16)10-6-9(17-11(10)12)7-13-8-2-3-8/h6,8,13-14H,2-5,7H2,1H3. The summed E-state index contributed by atoms with van der Waals surface area (Å²) in [5.74, 6) is 1.37. The van der Waals surface area contributed by atoms with E-state index in [9.17, 15) is 8.42 Å². The summed E-state index contributed by atoms with van der Waals surface area (Å²) >= 11 is 4.76. The second-order valence-electron chi connectivity index (χ2n) is 4.40. The van der Waals surface area contributed by atoms with E-state index in [1.807, 2.05) is 6.26 Å². The lowest BCUT2D eigenvalue weighted by atomic mass is 10.4. The molecular formula is C11H17BrN2O3S2. The fourth-order valence-corrected chi connectivity index (χ4v) is 4.02. The van der Waals surface area contributed by atoms with Gasteiger partial charge in [-0.05, 0) is 35.0 Å². The van der Waals surface area contributed by atoms with E-state index < -0.39 is 10.0 Å². The first-order chi connectivity index (χ1) is 9.03. The number of hydrogen-bond acceptors (Lipinski definition) is 5. The van der Waals surface area contributed by atoms with Gasteiger partial charge in [0.15, 0.2) is 4.67 Å². The molecule has 1 aliphatic rings. The zero-order valence-electron chi connectivity index (χ0n) is 10.6. The van der Waals surface area contributed by atoms with E-state index in [-0.39, 0.29) is 9.56 Å². The molecule has 5 nitrogen and oxygen atoms in total. The van der Waals surface area contributed by atoms with Crippen LogP contribution in [0, 0.1) is 0 Å². The topological polar surface area (TPSA) is 71.3 Å². The molecule has 1 aromatic rings. The van der Waals surface area contributed by atoms with E-state index in [4.69, 9.17) is 4.42 Å². The maximum absolute atomic E-state index is 12.1. The van der Waals surface area contributed by atoms with Gasteiger partial charge in [0, 0.05) is 24.4 Å². The third-order valence-electron chi connectivity index (χ3n) is 2.74. The van der Waals surface area contributed by atoms with Crippen LogP contribution in [0.2, 0.25) is 0 Å². The molecule has 0 aromatic carbocycles. The quantitative estimate of drug-likeness (QED) is 0.686. The normalized spacial score (nSPS) is 15.9. The lowest BCUT2D eigenvalue weighted by Gasteiger charge is -2.03. The molecule has 1 aliphatic carbocycles. The van der Waals surface area contributed by atoms with Crippen LogP contribution in [-0.4, -0.2) is 33.0 Å². The summed E-state index contributed by atoms with van der Waals surface area (Å²) in [5.41, 5.74) is 0. The van der Waals surface area contributed by atoms with Crippen LogP contribution in [0.25, 0.3) is 0 Å². The minimum atomic E-state index is -3.50. The van der Waals surface area contributed by atoms with Gasteiger partial charge in [0.2, 0.25) is 10.0 Å². The van der Waals surface area contributed by atoms with Crippen LogP contribution in [0.5, 0.6) is 0 Å². The molecule has 0 radical (unpaired) electrons. The summed E-state index contributed by atoms with van der Waals surface area (Å²) in [7, 11) is -3.50. The van der Waals surface area contributed by atoms with Crippen LogP contribution in [0.3, 0.4) is 0 Å². The first-order valence-electron chi connectivity index (χ1n) is 6.03. The van der Waals surface area contributed by atoms with Gasteiger partial charge in [-0.3, -0.25) is 0 Å². The fourth-order valence-electron chi connectivity index (χ4n) is 1.56. The van der Waals surface area contributed by atoms with Gasteiger partial charge in [0.05, 0.1) is 6.54 Å². The van der Waals surface area contributed by atoms with Crippen molar-refractivity contribution >= 4 is 37.7 Å². The van der Waals surface area contributed by atoms with Crippen molar-refractivity contribution in [2.45, 2.75) is 30.3 Å². The number of rotatable bonds is 8. The van der Waals surface area contributed by atoms with Crippen LogP contribution < -0.4 is 10.0 Å². The number of halogens is 1. The van der Waals surface area contributed by atoms with Gasteiger partial charge in [-0.2, -0.15) is 11.8 Å². The van der Waals surface area contributed by atoms with E-state index >= 15 is 0 Å². The van der Waals surface area contributed by atoms with Gasteiger partial charge in [0.1, 0.15) is 10.7 Å². The Labute approximate surface area is 126 Å². The summed E-state index contributed by atoms with van der Waals surface area (Å²) < 4.78 is 32.3. The predicted molar refractivity (Wildman–Crippen MR) is 79.8 cm³/mol. The molecule has 1 heterocycles. The van der Waals surface area contributed by atoms with Crippen LogP contribution in [0.4, 0.5) is 0 Å². The van der Waals surface area contributed by atoms with E-state index in [1.165, 1.54) is 12.8 Å².